The largest absolute Gasteiger partial charge is 0.298 e. The molecule has 0 unspecified atom stereocenters. The number of hydrogen-bond acceptors (Lipinski definition) is 1. The van der Waals surface area contributed by atoms with E-state index in [4.69, 9.17) is 0 Å². The summed E-state index contributed by atoms with van der Waals surface area (Å²) >= 11 is 5.56. The zero-order valence-corrected chi connectivity index (χ0v) is 9.64. The molecule has 0 amide bonds. The summed E-state index contributed by atoms with van der Waals surface area (Å²) in [5.74, 6) is 0. The van der Waals surface area contributed by atoms with Gasteiger partial charge >= 0.3 is 0 Å². The maximum absolute atomic E-state index is 10.5. The van der Waals surface area contributed by atoms with Gasteiger partial charge in [0.05, 0.1) is 0 Å². The molecular formula is C8H6BrIO. The smallest absolute Gasteiger partial charge is 0.151 e. The van der Waals surface area contributed by atoms with Gasteiger partial charge in [0.2, 0.25) is 0 Å². The maximum atomic E-state index is 10.5. The average Bonchev–Trinajstić information content (AvgIpc) is 2.01. The van der Waals surface area contributed by atoms with Crippen LogP contribution in [0.25, 0.3) is 0 Å². The number of hydrogen-bond donors (Lipinski definition) is 0. The van der Waals surface area contributed by atoms with Gasteiger partial charge in [0.25, 0.3) is 0 Å². The maximum Gasteiger partial charge on any atom is 0.151 e. The van der Waals surface area contributed by atoms with Gasteiger partial charge in [0.15, 0.2) is 6.29 Å². The molecule has 11 heavy (non-hydrogen) atoms. The second-order valence-electron chi connectivity index (χ2n) is 2.19. The first kappa shape index (κ1) is 9.19. The van der Waals surface area contributed by atoms with Crippen LogP contribution in [0.1, 0.15) is 15.9 Å². The molecule has 1 rings (SSSR count). The predicted molar refractivity (Wildman–Crippen MR) is 57.0 cm³/mol. The first-order valence-corrected chi connectivity index (χ1v) is 4.93. The van der Waals surface area contributed by atoms with Crippen LogP contribution >= 0.6 is 38.5 Å². The van der Waals surface area contributed by atoms with E-state index in [9.17, 15) is 4.79 Å². The van der Waals surface area contributed by atoms with E-state index in [1.807, 2.05) is 19.1 Å². The molecule has 0 spiro atoms. The lowest BCUT2D eigenvalue weighted by atomic mass is 10.2. The van der Waals surface area contributed by atoms with Crippen molar-refractivity contribution >= 4 is 44.8 Å². The zero-order valence-electron chi connectivity index (χ0n) is 5.90. The fourth-order valence-electron chi connectivity index (χ4n) is 0.773. The predicted octanol–water partition coefficient (Wildman–Crippen LogP) is 3.17. The molecule has 58 valence electrons. The van der Waals surface area contributed by atoms with Gasteiger partial charge in [-0.25, -0.2) is 0 Å². The van der Waals surface area contributed by atoms with Crippen LogP contribution < -0.4 is 0 Å². The summed E-state index contributed by atoms with van der Waals surface area (Å²) in [5, 5.41) is 0. The Morgan fingerprint density at radius 2 is 2.18 bits per heavy atom. The second kappa shape index (κ2) is 3.67. The fraction of sp³-hybridized carbons (Fsp3) is 0.125. The Hall–Kier alpha value is 0.100. The topological polar surface area (TPSA) is 17.1 Å². The number of rotatable bonds is 1. The number of aldehydes is 1. The van der Waals surface area contributed by atoms with Crippen LogP contribution in [0, 0.1) is 10.5 Å². The van der Waals surface area contributed by atoms with Gasteiger partial charge in [-0.05, 0) is 47.2 Å². The SMILES string of the molecule is Cc1c(Br)ccc(C=O)c1I. The molecule has 1 aromatic carbocycles. The van der Waals surface area contributed by atoms with Gasteiger partial charge in [-0.3, -0.25) is 4.79 Å². The lowest BCUT2D eigenvalue weighted by Gasteiger charge is -2.02. The molecule has 0 fully saturated rings. The van der Waals surface area contributed by atoms with Crippen LogP contribution in [-0.4, -0.2) is 6.29 Å². The lowest BCUT2D eigenvalue weighted by molar-refractivity contribution is 0.112. The van der Waals surface area contributed by atoms with E-state index in [1.54, 1.807) is 0 Å². The Morgan fingerprint density at radius 3 is 2.73 bits per heavy atom. The summed E-state index contributed by atoms with van der Waals surface area (Å²) in [5.41, 5.74) is 1.88. The quantitative estimate of drug-likeness (QED) is 0.573. The monoisotopic (exact) mass is 324 g/mol. The molecule has 0 aliphatic rings. The van der Waals surface area contributed by atoms with Gasteiger partial charge in [-0.2, -0.15) is 0 Å². The summed E-state index contributed by atoms with van der Waals surface area (Å²) in [6.45, 7) is 1.98. The van der Waals surface area contributed by atoms with Crippen molar-refractivity contribution in [1.29, 1.82) is 0 Å². The van der Waals surface area contributed by atoms with Crippen molar-refractivity contribution in [2.45, 2.75) is 6.92 Å². The molecule has 0 aliphatic carbocycles. The lowest BCUT2D eigenvalue weighted by Crippen LogP contribution is -1.89. The van der Waals surface area contributed by atoms with E-state index < -0.39 is 0 Å². The molecule has 0 aromatic heterocycles. The Morgan fingerprint density at radius 1 is 1.55 bits per heavy atom. The van der Waals surface area contributed by atoms with Crippen LogP contribution in [0.3, 0.4) is 0 Å². The van der Waals surface area contributed by atoms with Crippen LogP contribution in [-0.2, 0) is 0 Å². The molecular weight excluding hydrogens is 319 g/mol. The van der Waals surface area contributed by atoms with Crippen LogP contribution in [0.5, 0.6) is 0 Å². The third-order valence-electron chi connectivity index (χ3n) is 1.48. The van der Waals surface area contributed by atoms with E-state index in [1.165, 1.54) is 0 Å². The molecule has 0 atom stereocenters. The Kier molecular flexibility index (Phi) is 3.06. The summed E-state index contributed by atoms with van der Waals surface area (Å²) in [6.07, 6.45) is 0.876. The normalized spacial score (nSPS) is 9.73. The van der Waals surface area contributed by atoms with Gasteiger partial charge in [-0.1, -0.05) is 15.9 Å². The van der Waals surface area contributed by atoms with Crippen molar-refractivity contribution < 1.29 is 4.79 Å². The highest BCUT2D eigenvalue weighted by molar-refractivity contribution is 14.1. The summed E-state index contributed by atoms with van der Waals surface area (Å²) < 4.78 is 2.07. The third-order valence-corrected chi connectivity index (χ3v) is 3.77. The van der Waals surface area contributed by atoms with E-state index in [0.29, 0.717) is 0 Å². The molecule has 3 heteroatoms. The average molecular weight is 325 g/mol. The molecule has 1 aromatic rings. The number of halogens is 2. The van der Waals surface area contributed by atoms with Crippen molar-refractivity contribution in [2.24, 2.45) is 0 Å². The summed E-state index contributed by atoms with van der Waals surface area (Å²) in [4.78, 5) is 10.5. The number of carbonyl (C=O) groups excluding carboxylic acids is 1. The van der Waals surface area contributed by atoms with E-state index >= 15 is 0 Å². The minimum atomic E-state index is 0.756. The Balaban J connectivity index is 3.36. The number of benzene rings is 1. The van der Waals surface area contributed by atoms with Crippen molar-refractivity contribution in [3.05, 3.63) is 31.3 Å². The second-order valence-corrected chi connectivity index (χ2v) is 4.13. The van der Waals surface area contributed by atoms with E-state index in [-0.39, 0.29) is 0 Å². The van der Waals surface area contributed by atoms with Crippen LogP contribution in [0.2, 0.25) is 0 Å². The Labute approximate surface area is 87.5 Å². The molecule has 0 radical (unpaired) electrons. The van der Waals surface area contributed by atoms with Gasteiger partial charge in [-0.15, -0.1) is 0 Å². The standard InChI is InChI=1S/C8H6BrIO/c1-5-7(9)3-2-6(4-11)8(5)10/h2-4H,1H3. The highest BCUT2D eigenvalue weighted by Crippen LogP contribution is 2.23. The zero-order chi connectivity index (χ0) is 8.43. The minimum Gasteiger partial charge on any atom is -0.298 e. The van der Waals surface area contributed by atoms with Crippen molar-refractivity contribution in [3.8, 4) is 0 Å². The molecule has 0 bridgehead atoms. The molecule has 0 aliphatic heterocycles. The van der Waals surface area contributed by atoms with E-state index in [0.717, 1.165) is 25.5 Å². The molecule has 0 heterocycles. The summed E-state index contributed by atoms with van der Waals surface area (Å²) in [7, 11) is 0. The first-order chi connectivity index (χ1) is 5.16. The highest BCUT2D eigenvalue weighted by Gasteiger charge is 2.03. The van der Waals surface area contributed by atoms with Gasteiger partial charge < -0.3 is 0 Å². The summed E-state index contributed by atoms with van der Waals surface area (Å²) in [6, 6.07) is 3.70. The number of carbonyl (C=O) groups is 1. The van der Waals surface area contributed by atoms with Gasteiger partial charge in [0, 0.05) is 13.6 Å². The first-order valence-electron chi connectivity index (χ1n) is 3.06. The van der Waals surface area contributed by atoms with Crippen LogP contribution in [0.15, 0.2) is 16.6 Å². The minimum absolute atomic E-state index is 0.756. The highest BCUT2D eigenvalue weighted by atomic mass is 127. The fourth-order valence-corrected chi connectivity index (χ4v) is 2.07. The molecule has 0 saturated carbocycles. The van der Waals surface area contributed by atoms with Crippen molar-refractivity contribution in [2.75, 3.05) is 0 Å². The van der Waals surface area contributed by atoms with E-state index in [2.05, 4.69) is 38.5 Å². The Bertz CT molecular complexity index is 296. The van der Waals surface area contributed by atoms with Crippen molar-refractivity contribution in [3.63, 3.8) is 0 Å². The molecule has 0 N–H and O–H groups in total. The molecule has 0 saturated heterocycles. The van der Waals surface area contributed by atoms with Gasteiger partial charge in [0.1, 0.15) is 0 Å². The third kappa shape index (κ3) is 1.82. The van der Waals surface area contributed by atoms with Crippen LogP contribution in [0.4, 0.5) is 0 Å². The molecule has 1 nitrogen and oxygen atoms in total. The van der Waals surface area contributed by atoms with Crippen molar-refractivity contribution in [1.82, 2.24) is 0 Å².